The first-order valence-corrected chi connectivity index (χ1v) is 4.67. The first-order valence-electron chi connectivity index (χ1n) is 4.67. The number of benzene rings is 1. The fraction of sp³-hybridized carbons (Fsp3) is 0.200. The first-order chi connectivity index (χ1) is 7.63. The van der Waals surface area contributed by atoms with Gasteiger partial charge in [0.2, 0.25) is 0 Å². The SMILES string of the molecule is CC.N=C(NC(=O)OF)c1ccc(N)cc1. The largest absolute Gasteiger partial charge is 0.450 e. The third-order valence-corrected chi connectivity index (χ3v) is 1.50. The third kappa shape index (κ3) is 4.41. The Morgan fingerprint density at radius 1 is 1.38 bits per heavy atom. The quantitative estimate of drug-likeness (QED) is 0.390. The molecule has 0 aliphatic carbocycles. The van der Waals surface area contributed by atoms with E-state index in [1.807, 2.05) is 19.2 Å². The van der Waals surface area contributed by atoms with Crippen LogP contribution in [0, 0.1) is 5.41 Å². The van der Waals surface area contributed by atoms with Crippen LogP contribution in [0.1, 0.15) is 19.4 Å². The van der Waals surface area contributed by atoms with Crippen LogP contribution in [0.4, 0.5) is 15.0 Å². The number of rotatable bonds is 1. The third-order valence-electron chi connectivity index (χ3n) is 1.50. The lowest BCUT2D eigenvalue weighted by Gasteiger charge is -2.03. The van der Waals surface area contributed by atoms with Crippen molar-refractivity contribution < 1.29 is 14.3 Å². The van der Waals surface area contributed by atoms with Crippen molar-refractivity contribution in [2.45, 2.75) is 13.8 Å². The number of carbonyl (C=O) groups excluding carboxylic acids is 1. The van der Waals surface area contributed by atoms with Crippen LogP contribution in [-0.4, -0.2) is 11.9 Å². The number of hydrogen-bond acceptors (Lipinski definition) is 4. The molecule has 1 aromatic carbocycles. The van der Waals surface area contributed by atoms with Crippen molar-refractivity contribution in [3.8, 4) is 0 Å². The summed E-state index contributed by atoms with van der Waals surface area (Å²) >= 11 is 0. The van der Waals surface area contributed by atoms with Crippen LogP contribution >= 0.6 is 0 Å². The Kier molecular flexibility index (Phi) is 6.27. The molecule has 0 aromatic heterocycles. The Morgan fingerprint density at radius 3 is 2.31 bits per heavy atom. The molecule has 1 aromatic rings. The minimum atomic E-state index is -1.33. The van der Waals surface area contributed by atoms with Gasteiger partial charge in [-0.1, -0.05) is 13.8 Å². The molecular formula is C10H14FN3O2. The fourth-order valence-corrected chi connectivity index (χ4v) is 0.843. The van der Waals surface area contributed by atoms with Gasteiger partial charge in [0.1, 0.15) is 5.84 Å². The van der Waals surface area contributed by atoms with E-state index in [-0.39, 0.29) is 5.84 Å². The molecule has 5 nitrogen and oxygen atoms in total. The number of amidine groups is 1. The van der Waals surface area contributed by atoms with Gasteiger partial charge in [-0.05, 0) is 24.3 Å². The number of halogens is 1. The molecule has 0 saturated carbocycles. The molecule has 1 amide bonds. The monoisotopic (exact) mass is 227 g/mol. The Bertz CT molecular complexity index is 352. The van der Waals surface area contributed by atoms with Gasteiger partial charge in [-0.25, -0.2) is 9.74 Å². The predicted molar refractivity (Wildman–Crippen MR) is 59.8 cm³/mol. The van der Waals surface area contributed by atoms with E-state index in [9.17, 15) is 9.32 Å². The van der Waals surface area contributed by atoms with E-state index in [1.54, 1.807) is 12.1 Å². The highest BCUT2D eigenvalue weighted by atomic mass is 19.3. The second kappa shape index (κ2) is 7.22. The molecule has 0 spiro atoms. The van der Waals surface area contributed by atoms with E-state index < -0.39 is 6.09 Å². The number of anilines is 1. The van der Waals surface area contributed by atoms with E-state index in [4.69, 9.17) is 11.1 Å². The van der Waals surface area contributed by atoms with Gasteiger partial charge < -0.3 is 5.73 Å². The van der Waals surface area contributed by atoms with Crippen LogP contribution in [0.3, 0.4) is 0 Å². The van der Waals surface area contributed by atoms with Crippen molar-refractivity contribution in [3.63, 3.8) is 0 Å². The molecule has 0 radical (unpaired) electrons. The predicted octanol–water partition coefficient (Wildman–Crippen LogP) is 2.23. The average molecular weight is 227 g/mol. The van der Waals surface area contributed by atoms with Gasteiger partial charge >= 0.3 is 6.09 Å². The normalized spacial score (nSPS) is 8.44. The summed E-state index contributed by atoms with van der Waals surface area (Å²) in [5.74, 6) is -0.257. The second-order valence-electron chi connectivity index (χ2n) is 2.49. The van der Waals surface area contributed by atoms with Crippen molar-refractivity contribution >= 4 is 17.6 Å². The van der Waals surface area contributed by atoms with Crippen LogP contribution in [0.2, 0.25) is 0 Å². The highest BCUT2D eigenvalue weighted by Crippen LogP contribution is 2.04. The zero-order chi connectivity index (χ0) is 12.6. The van der Waals surface area contributed by atoms with Crippen LogP contribution in [0.5, 0.6) is 0 Å². The summed E-state index contributed by atoms with van der Waals surface area (Å²) in [4.78, 5) is 13.2. The lowest BCUT2D eigenvalue weighted by Crippen LogP contribution is -2.29. The van der Waals surface area contributed by atoms with Gasteiger partial charge in [-0.15, -0.1) is 0 Å². The summed E-state index contributed by atoms with van der Waals surface area (Å²) < 4.78 is 11.3. The van der Waals surface area contributed by atoms with Crippen molar-refractivity contribution in [3.05, 3.63) is 29.8 Å². The Balaban J connectivity index is 0.00000106. The molecule has 0 saturated heterocycles. The molecular weight excluding hydrogens is 213 g/mol. The minimum Gasteiger partial charge on any atom is -0.399 e. The van der Waals surface area contributed by atoms with Crippen molar-refractivity contribution in [2.75, 3.05) is 5.73 Å². The van der Waals surface area contributed by atoms with Gasteiger partial charge in [0.25, 0.3) is 0 Å². The van der Waals surface area contributed by atoms with E-state index >= 15 is 0 Å². The molecule has 0 unspecified atom stereocenters. The zero-order valence-corrected chi connectivity index (χ0v) is 9.08. The van der Waals surface area contributed by atoms with Crippen LogP contribution < -0.4 is 11.1 Å². The molecule has 16 heavy (non-hydrogen) atoms. The number of nitrogens with two attached hydrogens (primary N) is 1. The van der Waals surface area contributed by atoms with Gasteiger partial charge in [0, 0.05) is 15.8 Å². The number of hydrogen-bond donors (Lipinski definition) is 3. The van der Waals surface area contributed by atoms with Gasteiger partial charge in [-0.2, -0.15) is 0 Å². The fourth-order valence-electron chi connectivity index (χ4n) is 0.843. The topological polar surface area (TPSA) is 88.2 Å². The summed E-state index contributed by atoms with van der Waals surface area (Å²) in [5, 5.41) is 9.19. The van der Waals surface area contributed by atoms with E-state index in [0.717, 1.165) is 0 Å². The molecule has 88 valence electrons. The summed E-state index contributed by atoms with van der Waals surface area (Å²) in [6.07, 6.45) is -1.33. The molecule has 0 heterocycles. The standard InChI is InChI=1S/C8H8FN3O2.C2H6/c9-14-8(13)12-7(11)5-1-3-6(10)4-2-5;1-2/h1-4H,10H2,(H2,11,12,13);1-2H3. The lowest BCUT2D eigenvalue weighted by molar-refractivity contribution is -0.0599. The Hall–Kier alpha value is -2.11. The van der Waals surface area contributed by atoms with Gasteiger partial charge in [0.05, 0.1) is 0 Å². The summed E-state index contributed by atoms with van der Waals surface area (Å²) in [6.45, 7) is 4.00. The number of nitrogens with one attached hydrogen (secondary N) is 2. The molecule has 6 heteroatoms. The average Bonchev–Trinajstić information content (AvgIpc) is 2.32. The van der Waals surface area contributed by atoms with Crippen molar-refractivity contribution in [1.82, 2.24) is 5.32 Å². The molecule has 0 aliphatic heterocycles. The van der Waals surface area contributed by atoms with E-state index in [1.165, 1.54) is 12.1 Å². The maximum Gasteiger partial charge on any atom is 0.450 e. The maximum absolute atomic E-state index is 11.3. The van der Waals surface area contributed by atoms with Crippen molar-refractivity contribution in [1.29, 1.82) is 5.41 Å². The van der Waals surface area contributed by atoms with Gasteiger partial charge in [-0.3, -0.25) is 10.7 Å². The minimum absolute atomic E-state index is 0.257. The molecule has 0 fully saturated rings. The Labute approximate surface area is 92.8 Å². The van der Waals surface area contributed by atoms with E-state index in [2.05, 4.69) is 4.94 Å². The summed E-state index contributed by atoms with van der Waals surface area (Å²) in [6, 6.07) is 6.17. The lowest BCUT2D eigenvalue weighted by atomic mass is 10.2. The molecule has 1 rings (SSSR count). The number of amides is 1. The highest BCUT2D eigenvalue weighted by Gasteiger charge is 2.07. The van der Waals surface area contributed by atoms with Crippen molar-refractivity contribution in [2.24, 2.45) is 0 Å². The van der Waals surface area contributed by atoms with Crippen LogP contribution in [0.25, 0.3) is 0 Å². The molecule has 0 bridgehead atoms. The Morgan fingerprint density at radius 2 is 1.88 bits per heavy atom. The summed E-state index contributed by atoms with van der Waals surface area (Å²) in [7, 11) is 0. The molecule has 0 aliphatic rings. The van der Waals surface area contributed by atoms with Gasteiger partial charge in [0.15, 0.2) is 0 Å². The number of carbonyl (C=O) groups is 1. The van der Waals surface area contributed by atoms with Crippen LogP contribution in [0.15, 0.2) is 24.3 Å². The van der Waals surface area contributed by atoms with E-state index in [0.29, 0.717) is 11.3 Å². The van der Waals surface area contributed by atoms with Crippen LogP contribution in [-0.2, 0) is 4.94 Å². The number of nitrogen functional groups attached to an aromatic ring is 1. The second-order valence-corrected chi connectivity index (χ2v) is 2.49. The maximum atomic E-state index is 11.3. The highest BCUT2D eigenvalue weighted by molar-refractivity contribution is 6.04. The zero-order valence-electron chi connectivity index (χ0n) is 9.08. The smallest absolute Gasteiger partial charge is 0.399 e. The molecule has 0 atom stereocenters. The summed E-state index contributed by atoms with van der Waals surface area (Å²) in [5.41, 5.74) is 6.36. The first kappa shape index (κ1) is 13.9. The molecule has 4 N–H and O–H groups in total.